The van der Waals surface area contributed by atoms with Crippen molar-refractivity contribution in [3.8, 4) is 5.75 Å². The Labute approximate surface area is 133 Å². The summed E-state index contributed by atoms with van der Waals surface area (Å²) in [7, 11) is 0. The van der Waals surface area contributed by atoms with Crippen molar-refractivity contribution >= 4 is 23.4 Å². The number of hydrogen-bond donors (Lipinski definition) is 1. The Balaban J connectivity index is 1.55. The molecule has 116 valence electrons. The van der Waals surface area contributed by atoms with Crippen LogP contribution in [0.25, 0.3) is 0 Å². The van der Waals surface area contributed by atoms with E-state index in [9.17, 15) is 4.79 Å². The predicted octanol–water partition coefficient (Wildman–Crippen LogP) is 3.32. The maximum absolute atomic E-state index is 12.1. The quantitative estimate of drug-likeness (QED) is 0.941. The summed E-state index contributed by atoms with van der Waals surface area (Å²) in [6, 6.07) is 8.79. The average molecular weight is 322 g/mol. The van der Waals surface area contributed by atoms with Crippen molar-refractivity contribution < 1.29 is 14.1 Å². The highest BCUT2D eigenvalue weighted by Crippen LogP contribution is 2.26. The molecule has 1 atom stereocenters. The number of halogens is 1. The first kappa shape index (κ1) is 14.7. The van der Waals surface area contributed by atoms with Gasteiger partial charge < -0.3 is 14.2 Å². The first-order chi connectivity index (χ1) is 10.6. The molecule has 0 saturated carbocycles. The lowest BCUT2D eigenvalue weighted by Crippen LogP contribution is -2.34. The average Bonchev–Trinajstić information content (AvgIpc) is 3.11. The molecule has 2 heterocycles. The van der Waals surface area contributed by atoms with Crippen molar-refractivity contribution in [1.82, 2.24) is 10.1 Å². The molecule has 1 aliphatic heterocycles. The number of benzene rings is 1. The lowest BCUT2D eigenvalue weighted by Gasteiger charge is -2.17. The third-order valence-corrected chi connectivity index (χ3v) is 3.74. The van der Waals surface area contributed by atoms with E-state index in [0.717, 1.165) is 6.42 Å². The number of aromatic nitrogens is 1. The minimum atomic E-state index is -0.210. The summed E-state index contributed by atoms with van der Waals surface area (Å²) in [4.78, 5) is 13.8. The molecule has 0 radical (unpaired) electrons. The number of urea groups is 1. The second-order valence-corrected chi connectivity index (χ2v) is 5.57. The van der Waals surface area contributed by atoms with Crippen molar-refractivity contribution in [2.45, 2.75) is 19.4 Å². The van der Waals surface area contributed by atoms with Gasteiger partial charge in [-0.05, 0) is 19.1 Å². The van der Waals surface area contributed by atoms with Gasteiger partial charge in [0.15, 0.2) is 5.82 Å². The second-order valence-electron chi connectivity index (χ2n) is 5.16. The summed E-state index contributed by atoms with van der Waals surface area (Å²) < 4.78 is 10.8. The number of likely N-dealkylation sites (tertiary alicyclic amines) is 1. The molecule has 1 aromatic carbocycles. The SMILES string of the molecule is Cc1cc(NC(=O)N2CCC(Oc3ccccc3Cl)C2)no1. The highest BCUT2D eigenvalue weighted by Gasteiger charge is 2.28. The maximum Gasteiger partial charge on any atom is 0.323 e. The van der Waals surface area contributed by atoms with Gasteiger partial charge in [0, 0.05) is 19.0 Å². The van der Waals surface area contributed by atoms with Crippen LogP contribution in [0.2, 0.25) is 5.02 Å². The summed E-state index contributed by atoms with van der Waals surface area (Å²) in [5, 5.41) is 7.02. The molecule has 22 heavy (non-hydrogen) atoms. The molecule has 7 heteroatoms. The van der Waals surface area contributed by atoms with Crippen molar-refractivity contribution in [1.29, 1.82) is 0 Å². The van der Waals surface area contributed by atoms with E-state index in [4.69, 9.17) is 20.9 Å². The molecule has 1 aliphatic rings. The zero-order valence-corrected chi connectivity index (χ0v) is 12.8. The first-order valence-corrected chi connectivity index (χ1v) is 7.40. The summed E-state index contributed by atoms with van der Waals surface area (Å²) in [5.74, 6) is 1.71. The topological polar surface area (TPSA) is 67.6 Å². The van der Waals surface area contributed by atoms with Gasteiger partial charge >= 0.3 is 6.03 Å². The number of ether oxygens (including phenoxy) is 1. The van der Waals surface area contributed by atoms with E-state index in [0.29, 0.717) is 35.4 Å². The van der Waals surface area contributed by atoms with E-state index in [-0.39, 0.29) is 12.1 Å². The van der Waals surface area contributed by atoms with Crippen molar-refractivity contribution in [2.75, 3.05) is 18.4 Å². The molecule has 1 aromatic heterocycles. The van der Waals surface area contributed by atoms with Crippen LogP contribution >= 0.6 is 11.6 Å². The lowest BCUT2D eigenvalue weighted by molar-refractivity contribution is 0.195. The zero-order valence-electron chi connectivity index (χ0n) is 12.1. The van der Waals surface area contributed by atoms with Crippen molar-refractivity contribution in [3.05, 3.63) is 41.1 Å². The van der Waals surface area contributed by atoms with E-state index in [1.807, 2.05) is 18.2 Å². The van der Waals surface area contributed by atoms with Crippen LogP contribution in [0.3, 0.4) is 0 Å². The van der Waals surface area contributed by atoms with E-state index < -0.39 is 0 Å². The smallest absolute Gasteiger partial charge is 0.323 e. The second kappa shape index (κ2) is 6.27. The molecule has 2 aromatic rings. The van der Waals surface area contributed by atoms with Crippen LogP contribution in [0.5, 0.6) is 5.75 Å². The van der Waals surface area contributed by atoms with Gasteiger partial charge in [0.05, 0.1) is 11.6 Å². The molecule has 3 rings (SSSR count). The van der Waals surface area contributed by atoms with Crippen LogP contribution in [0.1, 0.15) is 12.2 Å². The fourth-order valence-electron chi connectivity index (χ4n) is 2.34. The van der Waals surface area contributed by atoms with Crippen LogP contribution in [0.15, 0.2) is 34.9 Å². The summed E-state index contributed by atoms with van der Waals surface area (Å²) in [6.07, 6.45) is 0.695. The van der Waals surface area contributed by atoms with Crippen LogP contribution in [0.4, 0.5) is 10.6 Å². The molecular weight excluding hydrogens is 306 g/mol. The highest BCUT2D eigenvalue weighted by molar-refractivity contribution is 6.32. The van der Waals surface area contributed by atoms with Gasteiger partial charge in [0.1, 0.15) is 17.6 Å². The molecule has 1 fully saturated rings. The van der Waals surface area contributed by atoms with Crippen LogP contribution in [0, 0.1) is 6.92 Å². The summed E-state index contributed by atoms with van der Waals surface area (Å²) in [6.45, 7) is 2.90. The van der Waals surface area contributed by atoms with Gasteiger partial charge in [-0.3, -0.25) is 5.32 Å². The van der Waals surface area contributed by atoms with E-state index >= 15 is 0 Å². The minimum Gasteiger partial charge on any atom is -0.487 e. The number of anilines is 1. The molecule has 1 N–H and O–H groups in total. The lowest BCUT2D eigenvalue weighted by atomic mass is 10.3. The molecule has 6 nitrogen and oxygen atoms in total. The molecule has 0 spiro atoms. The predicted molar refractivity (Wildman–Crippen MR) is 82.3 cm³/mol. The van der Waals surface area contributed by atoms with Gasteiger partial charge in [-0.1, -0.05) is 28.9 Å². The number of para-hydroxylation sites is 1. The first-order valence-electron chi connectivity index (χ1n) is 7.02. The monoisotopic (exact) mass is 321 g/mol. The molecule has 0 aliphatic carbocycles. The summed E-state index contributed by atoms with van der Waals surface area (Å²) in [5.41, 5.74) is 0. The van der Waals surface area contributed by atoms with Crippen LogP contribution in [-0.4, -0.2) is 35.3 Å². The normalized spacial score (nSPS) is 17.5. The third-order valence-electron chi connectivity index (χ3n) is 3.43. The Morgan fingerprint density at radius 3 is 3.05 bits per heavy atom. The molecule has 2 amide bonds. The number of nitrogens with zero attached hydrogens (tertiary/aromatic N) is 2. The number of hydrogen-bond acceptors (Lipinski definition) is 4. The number of amides is 2. The van der Waals surface area contributed by atoms with Crippen molar-refractivity contribution in [3.63, 3.8) is 0 Å². The Morgan fingerprint density at radius 2 is 2.32 bits per heavy atom. The minimum absolute atomic E-state index is 0.0651. The van der Waals surface area contributed by atoms with Gasteiger partial charge in [-0.15, -0.1) is 0 Å². The molecule has 0 bridgehead atoms. The maximum atomic E-state index is 12.1. The van der Waals surface area contributed by atoms with Crippen LogP contribution in [-0.2, 0) is 0 Å². The number of carbonyl (C=O) groups is 1. The fraction of sp³-hybridized carbons (Fsp3) is 0.333. The molecule has 1 unspecified atom stereocenters. The highest BCUT2D eigenvalue weighted by atomic mass is 35.5. The third kappa shape index (κ3) is 3.33. The Hall–Kier alpha value is -2.21. The van der Waals surface area contributed by atoms with Gasteiger partial charge in [-0.2, -0.15) is 0 Å². The standard InChI is InChI=1S/C15H16ClN3O3/c1-10-8-14(18-22-10)17-15(20)19-7-6-11(9-19)21-13-5-3-2-4-12(13)16/h2-5,8,11H,6-7,9H2,1H3,(H,17,18,20). The number of nitrogens with one attached hydrogen (secondary N) is 1. The van der Waals surface area contributed by atoms with Crippen LogP contribution < -0.4 is 10.1 Å². The van der Waals surface area contributed by atoms with Crippen molar-refractivity contribution in [2.24, 2.45) is 0 Å². The molecule has 1 saturated heterocycles. The Morgan fingerprint density at radius 1 is 1.50 bits per heavy atom. The van der Waals surface area contributed by atoms with Gasteiger partial charge in [0.25, 0.3) is 0 Å². The zero-order chi connectivity index (χ0) is 15.5. The van der Waals surface area contributed by atoms with Gasteiger partial charge in [-0.25, -0.2) is 4.79 Å². The Bertz CT molecular complexity index is 674. The van der Waals surface area contributed by atoms with E-state index in [1.165, 1.54) is 0 Å². The van der Waals surface area contributed by atoms with E-state index in [2.05, 4.69) is 10.5 Å². The Kier molecular flexibility index (Phi) is 4.20. The molecular formula is C15H16ClN3O3. The number of rotatable bonds is 3. The van der Waals surface area contributed by atoms with Gasteiger partial charge in [0.2, 0.25) is 0 Å². The fourth-order valence-corrected chi connectivity index (χ4v) is 2.52. The largest absolute Gasteiger partial charge is 0.487 e. The summed E-state index contributed by atoms with van der Waals surface area (Å²) >= 11 is 6.07. The number of aryl methyl sites for hydroxylation is 1. The van der Waals surface area contributed by atoms with E-state index in [1.54, 1.807) is 24.0 Å². The number of carbonyl (C=O) groups excluding carboxylic acids is 1.